The van der Waals surface area contributed by atoms with Gasteiger partial charge in [-0.25, -0.2) is 4.39 Å². The van der Waals surface area contributed by atoms with Crippen molar-refractivity contribution in [2.24, 2.45) is 5.92 Å². The smallest absolute Gasteiger partial charge is 0.231 e. The SMILES string of the molecule is C#Cc1ccc(NC(=O)C2C(c3cc(Cl)cc(Cl)c3)C2(Cl)Cl)cc1C(=O)Cc1ccc(F)cc1. The number of halogens is 5. The number of carbonyl (C=O) groups excluding carboxylic acids is 2. The highest BCUT2D eigenvalue weighted by molar-refractivity contribution is 6.53. The lowest BCUT2D eigenvalue weighted by atomic mass is 9.98. The van der Waals surface area contributed by atoms with Gasteiger partial charge >= 0.3 is 0 Å². The zero-order valence-corrected chi connectivity index (χ0v) is 20.4. The van der Waals surface area contributed by atoms with Crippen LogP contribution >= 0.6 is 46.4 Å². The van der Waals surface area contributed by atoms with Crippen LogP contribution in [0.5, 0.6) is 0 Å². The van der Waals surface area contributed by atoms with Crippen molar-refractivity contribution < 1.29 is 14.0 Å². The minimum atomic E-state index is -1.34. The van der Waals surface area contributed by atoms with E-state index >= 15 is 0 Å². The van der Waals surface area contributed by atoms with Gasteiger partial charge in [0, 0.05) is 39.2 Å². The molecule has 0 heterocycles. The van der Waals surface area contributed by atoms with E-state index in [2.05, 4.69) is 11.2 Å². The average molecular weight is 535 g/mol. The minimum absolute atomic E-state index is 0.0268. The predicted molar refractivity (Wildman–Crippen MR) is 135 cm³/mol. The standard InChI is InChI=1S/C26H16Cl4FNO2/c1-2-15-5-8-20(13-21(15)22(33)9-14-3-6-19(31)7-4-14)32-25(34)24-23(26(24,29)30)16-10-17(27)12-18(28)11-16/h1,3-8,10-13,23-24H,9H2,(H,32,34). The topological polar surface area (TPSA) is 46.2 Å². The molecule has 0 saturated heterocycles. The fourth-order valence-corrected chi connectivity index (χ4v) is 5.27. The van der Waals surface area contributed by atoms with Crippen molar-refractivity contribution in [2.75, 3.05) is 5.32 Å². The van der Waals surface area contributed by atoms with Crippen LogP contribution in [0.2, 0.25) is 10.0 Å². The predicted octanol–water partition coefficient (Wildman–Crippen LogP) is 7.07. The number of carbonyl (C=O) groups is 2. The van der Waals surface area contributed by atoms with Crippen LogP contribution in [0.25, 0.3) is 0 Å². The van der Waals surface area contributed by atoms with Crippen LogP contribution < -0.4 is 5.32 Å². The quantitative estimate of drug-likeness (QED) is 0.209. The molecule has 1 fully saturated rings. The van der Waals surface area contributed by atoms with Crippen molar-refractivity contribution in [3.8, 4) is 12.3 Å². The number of rotatable bonds is 6. The van der Waals surface area contributed by atoms with Crippen molar-refractivity contribution in [3.63, 3.8) is 0 Å². The van der Waals surface area contributed by atoms with Gasteiger partial charge in [0.2, 0.25) is 5.91 Å². The van der Waals surface area contributed by atoms with E-state index in [0.717, 1.165) is 0 Å². The summed E-state index contributed by atoms with van der Waals surface area (Å²) in [6.07, 6.45) is 5.59. The second-order valence-corrected chi connectivity index (χ2v) is 10.3. The Labute approximate surface area is 216 Å². The summed E-state index contributed by atoms with van der Waals surface area (Å²) >= 11 is 25.0. The first-order valence-electron chi connectivity index (χ1n) is 10.1. The number of amides is 1. The molecule has 172 valence electrons. The summed E-state index contributed by atoms with van der Waals surface area (Å²) in [5, 5.41) is 3.58. The van der Waals surface area contributed by atoms with Crippen molar-refractivity contribution in [2.45, 2.75) is 16.7 Å². The maximum absolute atomic E-state index is 13.2. The van der Waals surface area contributed by atoms with E-state index in [4.69, 9.17) is 52.8 Å². The molecule has 1 amide bonds. The lowest BCUT2D eigenvalue weighted by Gasteiger charge is -2.10. The maximum atomic E-state index is 13.2. The number of benzene rings is 3. The first kappa shape index (κ1) is 24.6. The molecule has 34 heavy (non-hydrogen) atoms. The highest BCUT2D eigenvalue weighted by atomic mass is 35.5. The van der Waals surface area contributed by atoms with Gasteiger partial charge in [-0.2, -0.15) is 0 Å². The van der Waals surface area contributed by atoms with Gasteiger partial charge < -0.3 is 5.32 Å². The number of Topliss-reactive ketones (excluding diaryl/α,β-unsaturated/α-hetero) is 1. The van der Waals surface area contributed by atoms with Crippen LogP contribution in [-0.2, 0) is 11.2 Å². The van der Waals surface area contributed by atoms with Gasteiger partial charge in [0.25, 0.3) is 0 Å². The second kappa shape index (κ2) is 9.60. The van der Waals surface area contributed by atoms with Crippen molar-refractivity contribution in [1.82, 2.24) is 0 Å². The number of alkyl halides is 2. The van der Waals surface area contributed by atoms with Gasteiger partial charge in [-0.1, -0.05) is 41.3 Å². The number of terminal acetylenes is 1. The van der Waals surface area contributed by atoms with Crippen molar-refractivity contribution in [3.05, 3.63) is 98.8 Å². The maximum Gasteiger partial charge on any atom is 0.231 e. The van der Waals surface area contributed by atoms with E-state index in [9.17, 15) is 14.0 Å². The lowest BCUT2D eigenvalue weighted by molar-refractivity contribution is -0.117. The van der Waals surface area contributed by atoms with Crippen LogP contribution in [0.4, 0.5) is 10.1 Å². The summed E-state index contributed by atoms with van der Waals surface area (Å²) in [6.45, 7) is 0. The number of hydrogen-bond donors (Lipinski definition) is 1. The molecule has 3 aromatic carbocycles. The summed E-state index contributed by atoms with van der Waals surface area (Å²) in [6, 6.07) is 15.2. The second-order valence-electron chi connectivity index (χ2n) is 7.95. The first-order chi connectivity index (χ1) is 16.1. The molecule has 2 unspecified atom stereocenters. The average Bonchev–Trinajstić information content (AvgIpc) is 3.36. The van der Waals surface area contributed by atoms with E-state index in [1.54, 1.807) is 30.3 Å². The summed E-state index contributed by atoms with van der Waals surface area (Å²) in [4.78, 5) is 25.9. The van der Waals surface area contributed by atoms with Crippen LogP contribution in [-0.4, -0.2) is 16.0 Å². The fourth-order valence-electron chi connectivity index (χ4n) is 3.90. The zero-order chi connectivity index (χ0) is 24.6. The summed E-state index contributed by atoms with van der Waals surface area (Å²) < 4.78 is 11.8. The number of nitrogens with one attached hydrogen (secondary N) is 1. The Morgan fingerprint density at radius 1 is 1.00 bits per heavy atom. The molecule has 2 atom stereocenters. The molecule has 0 aliphatic heterocycles. The molecule has 0 aromatic heterocycles. The molecule has 3 aromatic rings. The molecule has 4 rings (SSSR count). The molecule has 1 aliphatic carbocycles. The summed E-state index contributed by atoms with van der Waals surface area (Å²) in [7, 11) is 0. The van der Waals surface area contributed by atoms with E-state index in [-0.39, 0.29) is 17.8 Å². The van der Waals surface area contributed by atoms with E-state index in [0.29, 0.717) is 32.4 Å². The van der Waals surface area contributed by atoms with Gasteiger partial charge in [-0.3, -0.25) is 9.59 Å². The molecule has 0 spiro atoms. The third-order valence-electron chi connectivity index (χ3n) is 5.60. The molecule has 1 saturated carbocycles. The largest absolute Gasteiger partial charge is 0.326 e. The van der Waals surface area contributed by atoms with Crippen LogP contribution in [0.15, 0.2) is 60.7 Å². The monoisotopic (exact) mass is 533 g/mol. The van der Waals surface area contributed by atoms with Gasteiger partial charge in [-0.05, 0) is 59.7 Å². The Morgan fingerprint density at radius 3 is 2.26 bits per heavy atom. The lowest BCUT2D eigenvalue weighted by Crippen LogP contribution is -2.17. The zero-order valence-electron chi connectivity index (χ0n) is 17.4. The normalized spacial score (nSPS) is 18.1. The number of hydrogen-bond acceptors (Lipinski definition) is 2. The van der Waals surface area contributed by atoms with Gasteiger partial charge in [-0.15, -0.1) is 29.6 Å². The highest BCUT2D eigenvalue weighted by Gasteiger charge is 2.67. The summed E-state index contributed by atoms with van der Waals surface area (Å²) in [5.74, 6) is 0.145. The van der Waals surface area contributed by atoms with Crippen LogP contribution in [0, 0.1) is 24.1 Å². The Bertz CT molecular complexity index is 1310. The van der Waals surface area contributed by atoms with E-state index in [1.807, 2.05) is 0 Å². The van der Waals surface area contributed by atoms with E-state index in [1.165, 1.54) is 30.3 Å². The Hall–Kier alpha value is -2.55. The molecule has 1 N–H and O–H groups in total. The number of ketones is 1. The van der Waals surface area contributed by atoms with Crippen molar-refractivity contribution in [1.29, 1.82) is 0 Å². The number of anilines is 1. The molecule has 1 aliphatic rings. The van der Waals surface area contributed by atoms with Gasteiger partial charge in [0.15, 0.2) is 5.78 Å². The molecular weight excluding hydrogens is 519 g/mol. The molecule has 0 radical (unpaired) electrons. The minimum Gasteiger partial charge on any atom is -0.326 e. The fraction of sp³-hybridized carbons (Fsp3) is 0.154. The first-order valence-corrected chi connectivity index (χ1v) is 11.6. The Kier molecular flexibility index (Phi) is 6.94. The third-order valence-corrected chi connectivity index (χ3v) is 6.98. The Morgan fingerprint density at radius 2 is 1.65 bits per heavy atom. The van der Waals surface area contributed by atoms with Crippen LogP contribution in [0.3, 0.4) is 0 Å². The van der Waals surface area contributed by atoms with Crippen LogP contribution in [0.1, 0.15) is 33.0 Å². The molecule has 0 bridgehead atoms. The molecule has 3 nitrogen and oxygen atoms in total. The van der Waals surface area contributed by atoms with E-state index < -0.39 is 27.9 Å². The van der Waals surface area contributed by atoms with Gasteiger partial charge in [0.1, 0.15) is 10.2 Å². The van der Waals surface area contributed by atoms with Crippen molar-refractivity contribution >= 4 is 63.8 Å². The highest BCUT2D eigenvalue weighted by Crippen LogP contribution is 2.65. The Balaban J connectivity index is 1.54. The molecular formula is C26H16Cl4FNO2. The van der Waals surface area contributed by atoms with Gasteiger partial charge in [0.05, 0.1) is 5.92 Å². The third kappa shape index (κ3) is 5.09. The molecule has 8 heteroatoms. The summed E-state index contributed by atoms with van der Waals surface area (Å²) in [5.41, 5.74) is 2.30.